The largest absolute Gasteiger partial charge is 0.297 e. The highest BCUT2D eigenvalue weighted by molar-refractivity contribution is 7.15. The summed E-state index contributed by atoms with van der Waals surface area (Å²) in [4.78, 5) is 19.8. The summed E-state index contributed by atoms with van der Waals surface area (Å²) in [5.74, 6) is -0.280. The van der Waals surface area contributed by atoms with E-state index in [2.05, 4.69) is 25.5 Å². The summed E-state index contributed by atoms with van der Waals surface area (Å²) < 4.78 is 0. The van der Waals surface area contributed by atoms with Crippen LogP contribution in [0.3, 0.4) is 0 Å². The number of benzene rings is 1. The zero-order valence-corrected chi connectivity index (χ0v) is 12.9. The molecule has 3 aromatic rings. The Morgan fingerprint density at radius 2 is 2.04 bits per heavy atom. The lowest BCUT2D eigenvalue weighted by molar-refractivity contribution is -0.111. The molecule has 2 heterocycles. The van der Waals surface area contributed by atoms with Crippen molar-refractivity contribution in [2.75, 3.05) is 5.32 Å². The minimum absolute atomic E-state index is 0.280. The third kappa shape index (κ3) is 4.52. The molecule has 0 aliphatic carbocycles. The number of hydrogen-bond donors (Lipinski definition) is 1. The highest BCUT2D eigenvalue weighted by Gasteiger charge is 2.07. The summed E-state index contributed by atoms with van der Waals surface area (Å²) in [5, 5.41) is 12.1. The smallest absolute Gasteiger partial charge is 0.250 e. The Morgan fingerprint density at radius 3 is 2.83 bits per heavy atom. The molecule has 0 radical (unpaired) electrons. The second kappa shape index (κ2) is 7.37. The number of aromatic nitrogens is 4. The Balaban J connectivity index is 1.58. The van der Waals surface area contributed by atoms with Crippen molar-refractivity contribution in [1.29, 1.82) is 0 Å². The first-order valence-corrected chi connectivity index (χ1v) is 7.72. The molecular formula is C16H13N5OS. The molecule has 0 saturated heterocycles. The normalized spacial score (nSPS) is 10.8. The van der Waals surface area contributed by atoms with Gasteiger partial charge in [0.15, 0.2) is 0 Å². The molecule has 0 aliphatic heterocycles. The van der Waals surface area contributed by atoms with Crippen LogP contribution in [-0.4, -0.2) is 26.1 Å². The zero-order valence-electron chi connectivity index (χ0n) is 12.1. The van der Waals surface area contributed by atoms with Crippen molar-refractivity contribution in [1.82, 2.24) is 20.2 Å². The number of carbonyl (C=O) groups excluding carboxylic acids is 1. The SMILES string of the molecule is O=C(/C=C/c1cnccn1)Nc1nnc(Cc2ccccc2)s1. The van der Waals surface area contributed by atoms with Gasteiger partial charge in [-0.2, -0.15) is 0 Å². The molecule has 0 atom stereocenters. The van der Waals surface area contributed by atoms with Gasteiger partial charge in [0.2, 0.25) is 11.0 Å². The summed E-state index contributed by atoms with van der Waals surface area (Å²) in [6.07, 6.45) is 8.40. The molecule has 1 N–H and O–H groups in total. The number of amides is 1. The maximum Gasteiger partial charge on any atom is 0.250 e. The summed E-state index contributed by atoms with van der Waals surface area (Å²) in [5.41, 5.74) is 1.77. The monoisotopic (exact) mass is 323 g/mol. The van der Waals surface area contributed by atoms with Crippen LogP contribution in [0.2, 0.25) is 0 Å². The van der Waals surface area contributed by atoms with Gasteiger partial charge in [-0.05, 0) is 11.6 Å². The van der Waals surface area contributed by atoms with Crippen molar-refractivity contribution in [3.8, 4) is 0 Å². The highest BCUT2D eigenvalue weighted by atomic mass is 32.1. The standard InChI is InChI=1S/C16H13N5OS/c22-14(7-6-13-11-17-8-9-18-13)19-16-21-20-15(23-16)10-12-4-2-1-3-5-12/h1-9,11H,10H2,(H,19,21,22)/b7-6+. The number of nitrogens with zero attached hydrogens (tertiary/aromatic N) is 4. The molecular weight excluding hydrogens is 310 g/mol. The number of anilines is 1. The lowest BCUT2D eigenvalue weighted by Crippen LogP contribution is -2.07. The summed E-state index contributed by atoms with van der Waals surface area (Å²) in [6, 6.07) is 10.00. The van der Waals surface area contributed by atoms with Crippen LogP contribution in [0.1, 0.15) is 16.3 Å². The molecule has 0 unspecified atom stereocenters. The van der Waals surface area contributed by atoms with Crippen molar-refractivity contribution in [3.63, 3.8) is 0 Å². The third-order valence-corrected chi connectivity index (χ3v) is 3.72. The number of carbonyl (C=O) groups is 1. The minimum atomic E-state index is -0.280. The van der Waals surface area contributed by atoms with Crippen LogP contribution in [0.25, 0.3) is 6.08 Å². The fraction of sp³-hybridized carbons (Fsp3) is 0.0625. The fourth-order valence-corrected chi connectivity index (χ4v) is 2.63. The van der Waals surface area contributed by atoms with Crippen LogP contribution in [0.4, 0.5) is 5.13 Å². The Labute approximate surface area is 137 Å². The number of rotatable bonds is 5. The Morgan fingerprint density at radius 1 is 1.17 bits per heavy atom. The van der Waals surface area contributed by atoms with Gasteiger partial charge in [-0.25, -0.2) is 0 Å². The second-order valence-corrected chi connectivity index (χ2v) is 5.68. The van der Waals surface area contributed by atoms with Crippen molar-refractivity contribution < 1.29 is 4.79 Å². The third-order valence-electron chi connectivity index (χ3n) is 2.88. The van der Waals surface area contributed by atoms with Gasteiger partial charge in [0.05, 0.1) is 11.9 Å². The first-order chi connectivity index (χ1) is 11.3. The lowest BCUT2D eigenvalue weighted by atomic mass is 10.2. The van der Waals surface area contributed by atoms with E-state index in [0.29, 0.717) is 17.2 Å². The predicted octanol–water partition coefficient (Wildman–Crippen LogP) is 2.57. The average Bonchev–Trinajstić information content (AvgIpc) is 3.02. The summed E-state index contributed by atoms with van der Waals surface area (Å²) >= 11 is 1.36. The number of nitrogens with one attached hydrogen (secondary N) is 1. The van der Waals surface area contributed by atoms with Gasteiger partial charge >= 0.3 is 0 Å². The molecule has 7 heteroatoms. The topological polar surface area (TPSA) is 80.7 Å². The van der Waals surface area contributed by atoms with E-state index in [1.807, 2.05) is 30.3 Å². The molecule has 0 saturated carbocycles. The van der Waals surface area contributed by atoms with E-state index >= 15 is 0 Å². The summed E-state index contributed by atoms with van der Waals surface area (Å²) in [6.45, 7) is 0. The van der Waals surface area contributed by atoms with Gasteiger partial charge in [-0.1, -0.05) is 41.7 Å². The van der Waals surface area contributed by atoms with E-state index in [-0.39, 0.29) is 5.91 Å². The van der Waals surface area contributed by atoms with E-state index in [0.717, 1.165) is 10.6 Å². The molecule has 3 rings (SSSR count). The van der Waals surface area contributed by atoms with E-state index in [4.69, 9.17) is 0 Å². The quantitative estimate of drug-likeness (QED) is 0.730. The van der Waals surface area contributed by atoms with E-state index in [9.17, 15) is 4.79 Å². The van der Waals surface area contributed by atoms with Gasteiger partial charge in [-0.15, -0.1) is 10.2 Å². The molecule has 0 aliphatic rings. The molecule has 0 spiro atoms. The van der Waals surface area contributed by atoms with Gasteiger partial charge in [0.25, 0.3) is 0 Å². The summed E-state index contributed by atoms with van der Waals surface area (Å²) in [7, 11) is 0. The molecule has 1 aromatic carbocycles. The van der Waals surface area contributed by atoms with Crippen molar-refractivity contribution in [2.24, 2.45) is 0 Å². The number of hydrogen-bond acceptors (Lipinski definition) is 6. The van der Waals surface area contributed by atoms with Crippen LogP contribution in [-0.2, 0) is 11.2 Å². The lowest BCUT2D eigenvalue weighted by Gasteiger charge is -1.96. The molecule has 6 nitrogen and oxygen atoms in total. The second-order valence-electron chi connectivity index (χ2n) is 4.62. The Hall–Kier alpha value is -2.93. The average molecular weight is 323 g/mol. The zero-order chi connectivity index (χ0) is 15.9. The van der Waals surface area contributed by atoms with Crippen LogP contribution < -0.4 is 5.32 Å². The predicted molar refractivity (Wildman–Crippen MR) is 88.9 cm³/mol. The molecule has 1 amide bonds. The van der Waals surface area contributed by atoms with E-state index in [1.54, 1.807) is 24.7 Å². The van der Waals surface area contributed by atoms with Crippen molar-refractivity contribution in [2.45, 2.75) is 6.42 Å². The van der Waals surface area contributed by atoms with Crippen LogP contribution in [0.15, 0.2) is 55.0 Å². The van der Waals surface area contributed by atoms with Gasteiger partial charge in [0, 0.05) is 24.9 Å². The minimum Gasteiger partial charge on any atom is -0.297 e. The Kier molecular flexibility index (Phi) is 4.80. The first kappa shape index (κ1) is 15.0. The molecule has 0 bridgehead atoms. The maximum atomic E-state index is 11.8. The maximum absolute atomic E-state index is 11.8. The first-order valence-electron chi connectivity index (χ1n) is 6.91. The van der Waals surface area contributed by atoms with Crippen LogP contribution in [0.5, 0.6) is 0 Å². The van der Waals surface area contributed by atoms with Gasteiger partial charge < -0.3 is 0 Å². The Bertz CT molecular complexity index is 802. The highest BCUT2D eigenvalue weighted by Crippen LogP contribution is 2.18. The fourth-order valence-electron chi connectivity index (χ4n) is 1.85. The van der Waals surface area contributed by atoms with Crippen molar-refractivity contribution >= 4 is 28.5 Å². The molecule has 2 aromatic heterocycles. The van der Waals surface area contributed by atoms with Gasteiger partial charge in [0.1, 0.15) is 5.01 Å². The van der Waals surface area contributed by atoms with Crippen LogP contribution >= 0.6 is 11.3 Å². The van der Waals surface area contributed by atoms with E-state index in [1.165, 1.54) is 17.4 Å². The van der Waals surface area contributed by atoms with Gasteiger partial charge in [-0.3, -0.25) is 20.1 Å². The van der Waals surface area contributed by atoms with Crippen LogP contribution in [0, 0.1) is 0 Å². The van der Waals surface area contributed by atoms with E-state index < -0.39 is 0 Å². The molecule has 0 fully saturated rings. The van der Waals surface area contributed by atoms with Crippen molar-refractivity contribution in [3.05, 3.63) is 71.3 Å². The molecule has 23 heavy (non-hydrogen) atoms. The molecule has 114 valence electrons.